The Bertz CT molecular complexity index is 774. The first-order valence-electron chi connectivity index (χ1n) is 9.06. The summed E-state index contributed by atoms with van der Waals surface area (Å²) in [4.78, 5) is 15.4. The molecule has 1 saturated heterocycles. The summed E-state index contributed by atoms with van der Waals surface area (Å²) in [6.07, 6.45) is 0.145. The summed E-state index contributed by atoms with van der Waals surface area (Å²) in [7, 11) is 1.56. The van der Waals surface area contributed by atoms with E-state index in [0.29, 0.717) is 29.5 Å². The van der Waals surface area contributed by atoms with Gasteiger partial charge in [0, 0.05) is 18.8 Å². The second kappa shape index (κ2) is 8.74. The number of halogens is 1. The van der Waals surface area contributed by atoms with Crippen LogP contribution in [0.5, 0.6) is 5.75 Å². The van der Waals surface area contributed by atoms with Crippen LogP contribution in [0, 0.1) is 0 Å². The molecule has 0 spiro atoms. The van der Waals surface area contributed by atoms with Gasteiger partial charge in [-0.25, -0.2) is 0 Å². The monoisotopic (exact) mass is 388 g/mol. The smallest absolute Gasteiger partial charge is 0.246 e. The molecule has 3 rings (SSSR count). The number of nitrogens with zero attached hydrogens (tertiary/aromatic N) is 1. The fourth-order valence-electron chi connectivity index (χ4n) is 3.55. The van der Waals surface area contributed by atoms with Crippen molar-refractivity contribution in [2.24, 2.45) is 0 Å². The Morgan fingerprint density at radius 3 is 2.44 bits per heavy atom. The minimum atomic E-state index is -0.402. The lowest BCUT2D eigenvalue weighted by Gasteiger charge is -2.39. The molecule has 1 fully saturated rings. The Morgan fingerprint density at radius 1 is 1.19 bits per heavy atom. The van der Waals surface area contributed by atoms with Gasteiger partial charge in [-0.15, -0.1) is 0 Å². The summed E-state index contributed by atoms with van der Waals surface area (Å²) in [6.45, 7) is 5.46. The largest absolute Gasteiger partial charge is 0.495 e. The zero-order chi connectivity index (χ0) is 19.4. The number of ether oxygens (including phenoxy) is 2. The minimum Gasteiger partial charge on any atom is -0.495 e. The normalized spacial score (nSPS) is 21.5. The van der Waals surface area contributed by atoms with Crippen LogP contribution in [0.3, 0.4) is 0 Å². The molecule has 1 N–H and O–H groups in total. The number of amides is 1. The van der Waals surface area contributed by atoms with Crippen LogP contribution in [0.2, 0.25) is 5.02 Å². The number of anilines is 1. The maximum Gasteiger partial charge on any atom is 0.246 e. The molecule has 1 amide bonds. The Labute approximate surface area is 165 Å². The third-order valence-electron chi connectivity index (χ3n) is 4.60. The highest BCUT2D eigenvalue weighted by atomic mass is 35.5. The molecule has 27 heavy (non-hydrogen) atoms. The van der Waals surface area contributed by atoms with Crippen LogP contribution in [0.25, 0.3) is 0 Å². The predicted molar refractivity (Wildman–Crippen MR) is 107 cm³/mol. The van der Waals surface area contributed by atoms with E-state index >= 15 is 0 Å². The van der Waals surface area contributed by atoms with Crippen molar-refractivity contribution >= 4 is 23.2 Å². The average molecular weight is 389 g/mol. The van der Waals surface area contributed by atoms with E-state index in [9.17, 15) is 4.79 Å². The molecule has 0 aliphatic carbocycles. The van der Waals surface area contributed by atoms with E-state index in [4.69, 9.17) is 21.1 Å². The third kappa shape index (κ3) is 4.80. The number of methoxy groups -OCH3 is 1. The average Bonchev–Trinajstić information content (AvgIpc) is 2.62. The number of hydrogen-bond donors (Lipinski definition) is 1. The summed E-state index contributed by atoms with van der Waals surface area (Å²) in [6, 6.07) is 14.6. The summed E-state index contributed by atoms with van der Waals surface area (Å²) in [5.74, 6) is 0.480. The zero-order valence-electron chi connectivity index (χ0n) is 15.8. The minimum absolute atomic E-state index is 0.0724. The Hall–Kier alpha value is -2.08. The topological polar surface area (TPSA) is 50.8 Å². The van der Waals surface area contributed by atoms with Crippen molar-refractivity contribution in [1.82, 2.24) is 4.90 Å². The van der Waals surface area contributed by atoms with Gasteiger partial charge in [-0.05, 0) is 37.6 Å². The number of morpholine rings is 1. The summed E-state index contributed by atoms with van der Waals surface area (Å²) in [5, 5.41) is 3.46. The maximum atomic E-state index is 13.2. The summed E-state index contributed by atoms with van der Waals surface area (Å²) >= 11 is 6.19. The van der Waals surface area contributed by atoms with Crippen molar-refractivity contribution in [2.45, 2.75) is 32.1 Å². The van der Waals surface area contributed by atoms with Crippen LogP contribution in [0.15, 0.2) is 48.5 Å². The Kier molecular flexibility index (Phi) is 6.37. The van der Waals surface area contributed by atoms with Gasteiger partial charge in [0.25, 0.3) is 0 Å². The second-order valence-corrected chi connectivity index (χ2v) is 7.27. The first kappa shape index (κ1) is 19.7. The van der Waals surface area contributed by atoms with Crippen molar-refractivity contribution in [1.29, 1.82) is 0 Å². The molecule has 6 heteroatoms. The van der Waals surface area contributed by atoms with Crippen molar-refractivity contribution in [3.63, 3.8) is 0 Å². The van der Waals surface area contributed by atoms with Crippen LogP contribution < -0.4 is 10.1 Å². The van der Waals surface area contributed by atoms with E-state index in [1.165, 1.54) is 0 Å². The van der Waals surface area contributed by atoms with Crippen molar-refractivity contribution in [3.05, 3.63) is 59.1 Å². The lowest BCUT2D eigenvalue weighted by molar-refractivity contribution is -0.128. The van der Waals surface area contributed by atoms with E-state index in [1.54, 1.807) is 25.3 Å². The molecule has 1 aliphatic heterocycles. The van der Waals surface area contributed by atoms with Crippen LogP contribution in [-0.2, 0) is 9.53 Å². The SMILES string of the molecule is COc1ccc(NC(=O)[C@H](c2ccccc2)N2C[C@@H](C)O[C@H](C)C2)cc1Cl. The fraction of sp³-hybridized carbons (Fsp3) is 0.381. The number of benzene rings is 2. The van der Waals surface area contributed by atoms with Gasteiger partial charge in [-0.3, -0.25) is 9.69 Å². The fourth-order valence-corrected chi connectivity index (χ4v) is 3.80. The molecule has 2 aromatic carbocycles. The van der Waals surface area contributed by atoms with Gasteiger partial charge in [-0.1, -0.05) is 41.9 Å². The van der Waals surface area contributed by atoms with Crippen LogP contribution in [-0.4, -0.2) is 43.2 Å². The highest BCUT2D eigenvalue weighted by Crippen LogP contribution is 2.30. The first-order valence-corrected chi connectivity index (χ1v) is 9.44. The number of rotatable bonds is 5. The predicted octanol–water partition coefficient (Wildman–Crippen LogP) is 4.14. The van der Waals surface area contributed by atoms with Crippen molar-refractivity contribution in [2.75, 3.05) is 25.5 Å². The third-order valence-corrected chi connectivity index (χ3v) is 4.89. The molecule has 2 aromatic rings. The van der Waals surface area contributed by atoms with Gasteiger partial charge in [0.05, 0.1) is 24.3 Å². The van der Waals surface area contributed by atoms with E-state index in [0.717, 1.165) is 5.56 Å². The quantitative estimate of drug-likeness (QED) is 0.836. The molecule has 0 aromatic heterocycles. The number of carbonyl (C=O) groups is 1. The molecule has 0 unspecified atom stereocenters. The molecular formula is C21H25ClN2O3. The zero-order valence-corrected chi connectivity index (χ0v) is 16.6. The standard InChI is InChI=1S/C21H25ClN2O3/c1-14-12-24(13-15(2)27-14)20(16-7-5-4-6-8-16)21(25)23-17-9-10-19(26-3)18(22)11-17/h4-11,14-15,20H,12-13H2,1-3H3,(H,23,25)/t14-,15-,20+/m1/s1. The molecule has 5 nitrogen and oxygen atoms in total. The van der Waals surface area contributed by atoms with Crippen molar-refractivity contribution < 1.29 is 14.3 Å². The van der Waals surface area contributed by atoms with E-state index < -0.39 is 6.04 Å². The molecule has 0 radical (unpaired) electrons. The van der Waals surface area contributed by atoms with Crippen molar-refractivity contribution in [3.8, 4) is 5.75 Å². The Morgan fingerprint density at radius 2 is 1.85 bits per heavy atom. The molecule has 3 atom stereocenters. The Balaban J connectivity index is 1.86. The maximum absolute atomic E-state index is 13.2. The van der Waals surface area contributed by atoms with Gasteiger partial charge in [-0.2, -0.15) is 0 Å². The molecule has 144 valence electrons. The van der Waals surface area contributed by atoms with Gasteiger partial charge >= 0.3 is 0 Å². The van der Waals surface area contributed by atoms with E-state index in [1.807, 2.05) is 44.2 Å². The first-order chi connectivity index (χ1) is 13.0. The van der Waals surface area contributed by atoms with Crippen LogP contribution >= 0.6 is 11.6 Å². The van der Waals surface area contributed by atoms with Gasteiger partial charge in [0.2, 0.25) is 5.91 Å². The summed E-state index contributed by atoms with van der Waals surface area (Å²) < 4.78 is 11.0. The lowest BCUT2D eigenvalue weighted by Crippen LogP contribution is -2.49. The second-order valence-electron chi connectivity index (χ2n) is 6.86. The van der Waals surface area contributed by atoms with E-state index in [2.05, 4.69) is 10.2 Å². The molecule has 1 aliphatic rings. The number of carbonyl (C=O) groups excluding carboxylic acids is 1. The summed E-state index contributed by atoms with van der Waals surface area (Å²) in [5.41, 5.74) is 1.59. The van der Waals surface area contributed by atoms with Crippen LogP contribution in [0.4, 0.5) is 5.69 Å². The number of nitrogens with one attached hydrogen (secondary N) is 1. The molecule has 0 saturated carbocycles. The van der Waals surface area contributed by atoms with Gasteiger partial charge < -0.3 is 14.8 Å². The van der Waals surface area contributed by atoms with Crippen LogP contribution in [0.1, 0.15) is 25.5 Å². The highest BCUT2D eigenvalue weighted by Gasteiger charge is 2.33. The molecular weight excluding hydrogens is 364 g/mol. The van der Waals surface area contributed by atoms with Gasteiger partial charge in [0.1, 0.15) is 11.8 Å². The molecule has 0 bridgehead atoms. The lowest BCUT2D eigenvalue weighted by atomic mass is 10.0. The molecule has 1 heterocycles. The van der Waals surface area contributed by atoms with E-state index in [-0.39, 0.29) is 18.1 Å². The highest BCUT2D eigenvalue weighted by molar-refractivity contribution is 6.32. The number of hydrogen-bond acceptors (Lipinski definition) is 4. The van der Waals surface area contributed by atoms with Gasteiger partial charge in [0.15, 0.2) is 0 Å².